The fraction of sp³-hybridized carbons (Fsp3) is 0.571. The number of benzene rings is 1. The van der Waals surface area contributed by atoms with Crippen molar-refractivity contribution < 1.29 is 14.0 Å². The van der Waals surface area contributed by atoms with Crippen LogP contribution in [0, 0.1) is 0 Å². The minimum absolute atomic E-state index is 0.173. The van der Waals surface area contributed by atoms with Crippen LogP contribution in [0.1, 0.15) is 51.4 Å². The molecule has 0 aliphatic rings. The van der Waals surface area contributed by atoms with E-state index in [0.29, 0.717) is 30.8 Å². The molecule has 0 fully saturated rings. The molecule has 2 aromatic rings. The van der Waals surface area contributed by atoms with Crippen LogP contribution in [0.4, 0.5) is 0 Å². The average Bonchev–Trinajstić information content (AvgIpc) is 3.19. The fourth-order valence-electron chi connectivity index (χ4n) is 2.39. The first-order chi connectivity index (χ1) is 13.9. The zero-order chi connectivity index (χ0) is 21.1. The standard InChI is InChI=1S/C21H33N5O3/c1-6-28-13-7-12-22-20(23-14-16-8-10-17(27-5)11-9-16)24-15-18-25-19(29-26-18)21(2,3)4/h8-11H,6-7,12-15H2,1-5H3,(H2,22,23,24). The van der Waals surface area contributed by atoms with Gasteiger partial charge in [0.05, 0.1) is 20.2 Å². The van der Waals surface area contributed by atoms with E-state index in [4.69, 9.17) is 14.0 Å². The first-order valence-electron chi connectivity index (χ1n) is 9.98. The maximum Gasteiger partial charge on any atom is 0.232 e. The quantitative estimate of drug-likeness (QED) is 0.358. The van der Waals surface area contributed by atoms with Crippen LogP contribution < -0.4 is 15.4 Å². The lowest BCUT2D eigenvalue weighted by atomic mass is 9.97. The van der Waals surface area contributed by atoms with Crippen LogP contribution in [-0.4, -0.2) is 43.0 Å². The summed E-state index contributed by atoms with van der Waals surface area (Å²) in [6.45, 7) is 11.3. The van der Waals surface area contributed by atoms with E-state index in [1.807, 2.05) is 52.0 Å². The number of methoxy groups -OCH3 is 1. The Kier molecular flexibility index (Phi) is 8.92. The molecule has 1 heterocycles. The fourth-order valence-corrected chi connectivity index (χ4v) is 2.39. The van der Waals surface area contributed by atoms with Gasteiger partial charge in [0.2, 0.25) is 5.89 Å². The van der Waals surface area contributed by atoms with Gasteiger partial charge in [0.1, 0.15) is 5.75 Å². The van der Waals surface area contributed by atoms with E-state index < -0.39 is 0 Å². The number of nitrogens with one attached hydrogen (secondary N) is 2. The third kappa shape index (κ3) is 8.11. The molecule has 0 radical (unpaired) electrons. The van der Waals surface area contributed by atoms with Gasteiger partial charge in [-0.05, 0) is 31.0 Å². The van der Waals surface area contributed by atoms with Crippen molar-refractivity contribution >= 4 is 5.96 Å². The van der Waals surface area contributed by atoms with Gasteiger partial charge in [0, 0.05) is 25.2 Å². The summed E-state index contributed by atoms with van der Waals surface area (Å²) in [7, 11) is 1.66. The van der Waals surface area contributed by atoms with Crippen LogP contribution in [0.2, 0.25) is 0 Å². The summed E-state index contributed by atoms with van der Waals surface area (Å²) in [4.78, 5) is 9.12. The molecule has 2 rings (SSSR count). The molecule has 0 aliphatic carbocycles. The van der Waals surface area contributed by atoms with E-state index in [2.05, 4.69) is 25.8 Å². The van der Waals surface area contributed by atoms with E-state index in [1.54, 1.807) is 7.11 Å². The molecule has 0 aliphatic heterocycles. The van der Waals surface area contributed by atoms with Gasteiger partial charge in [-0.1, -0.05) is 38.1 Å². The molecule has 8 nitrogen and oxygen atoms in total. The normalized spacial score (nSPS) is 12.1. The molecule has 160 valence electrons. The van der Waals surface area contributed by atoms with Gasteiger partial charge in [-0.15, -0.1) is 0 Å². The van der Waals surface area contributed by atoms with Crippen molar-refractivity contribution in [3.05, 3.63) is 41.5 Å². The van der Waals surface area contributed by atoms with Gasteiger partial charge in [0.15, 0.2) is 11.8 Å². The number of rotatable bonds is 10. The maximum atomic E-state index is 5.39. The Bertz CT molecular complexity index is 750. The molecule has 0 amide bonds. The molecular weight excluding hydrogens is 370 g/mol. The third-order valence-corrected chi connectivity index (χ3v) is 4.06. The second-order valence-electron chi connectivity index (χ2n) is 7.61. The van der Waals surface area contributed by atoms with Crippen LogP contribution in [0.15, 0.2) is 33.8 Å². The number of hydrogen-bond acceptors (Lipinski definition) is 6. The van der Waals surface area contributed by atoms with Gasteiger partial charge in [-0.25, -0.2) is 4.99 Å². The van der Waals surface area contributed by atoms with Gasteiger partial charge < -0.3 is 24.6 Å². The summed E-state index contributed by atoms with van der Waals surface area (Å²) >= 11 is 0. The lowest BCUT2D eigenvalue weighted by molar-refractivity contribution is 0.145. The van der Waals surface area contributed by atoms with Crippen molar-refractivity contribution in [1.82, 2.24) is 20.8 Å². The summed E-state index contributed by atoms with van der Waals surface area (Å²) < 4.78 is 15.9. The number of guanidine groups is 1. The van der Waals surface area contributed by atoms with Crippen LogP contribution in [0.25, 0.3) is 0 Å². The highest BCUT2D eigenvalue weighted by Gasteiger charge is 2.21. The summed E-state index contributed by atoms with van der Waals surface area (Å²) in [5, 5.41) is 10.6. The molecule has 0 saturated carbocycles. The minimum Gasteiger partial charge on any atom is -0.497 e. The molecule has 0 unspecified atom stereocenters. The van der Waals surface area contributed by atoms with E-state index in [-0.39, 0.29) is 5.41 Å². The molecule has 0 bridgehead atoms. The second-order valence-corrected chi connectivity index (χ2v) is 7.61. The molecule has 0 spiro atoms. The predicted octanol–water partition coefficient (Wildman–Crippen LogP) is 3.04. The smallest absolute Gasteiger partial charge is 0.232 e. The number of aromatic nitrogens is 2. The molecule has 1 aromatic carbocycles. The van der Waals surface area contributed by atoms with Crippen molar-refractivity contribution in [2.24, 2.45) is 4.99 Å². The molecule has 2 N–H and O–H groups in total. The van der Waals surface area contributed by atoms with Crippen LogP contribution in [-0.2, 0) is 23.2 Å². The average molecular weight is 404 g/mol. The zero-order valence-electron chi connectivity index (χ0n) is 18.1. The Morgan fingerprint density at radius 2 is 1.93 bits per heavy atom. The monoisotopic (exact) mass is 403 g/mol. The first-order valence-corrected chi connectivity index (χ1v) is 9.98. The Morgan fingerprint density at radius 3 is 2.55 bits per heavy atom. The van der Waals surface area contributed by atoms with Crippen LogP contribution in [0.3, 0.4) is 0 Å². The Labute approximate surface area is 173 Å². The van der Waals surface area contributed by atoms with Gasteiger partial charge in [-0.2, -0.15) is 4.98 Å². The molecule has 1 aromatic heterocycles. The molecule has 8 heteroatoms. The zero-order valence-corrected chi connectivity index (χ0v) is 18.1. The lowest BCUT2D eigenvalue weighted by Crippen LogP contribution is -2.38. The van der Waals surface area contributed by atoms with Crippen LogP contribution in [0.5, 0.6) is 5.75 Å². The highest BCUT2D eigenvalue weighted by Crippen LogP contribution is 2.19. The molecule has 0 atom stereocenters. The number of hydrogen-bond donors (Lipinski definition) is 2. The van der Waals surface area contributed by atoms with E-state index >= 15 is 0 Å². The van der Waals surface area contributed by atoms with Crippen molar-refractivity contribution in [3.63, 3.8) is 0 Å². The predicted molar refractivity (Wildman–Crippen MR) is 113 cm³/mol. The highest BCUT2D eigenvalue weighted by atomic mass is 16.5. The molecular formula is C21H33N5O3. The maximum absolute atomic E-state index is 5.39. The SMILES string of the molecule is CCOCCCNC(=NCc1ccc(OC)cc1)NCc1noc(C(C)(C)C)n1. The summed E-state index contributed by atoms with van der Waals surface area (Å²) in [5.74, 6) is 2.75. The first kappa shape index (κ1) is 22.7. The molecule has 0 saturated heterocycles. The number of nitrogens with zero attached hydrogens (tertiary/aromatic N) is 3. The molecule has 29 heavy (non-hydrogen) atoms. The Morgan fingerprint density at radius 1 is 1.17 bits per heavy atom. The van der Waals surface area contributed by atoms with Crippen molar-refractivity contribution in [2.45, 2.75) is 52.6 Å². The highest BCUT2D eigenvalue weighted by molar-refractivity contribution is 5.79. The topological polar surface area (TPSA) is 93.8 Å². The van der Waals surface area contributed by atoms with Crippen molar-refractivity contribution in [2.75, 3.05) is 26.9 Å². The van der Waals surface area contributed by atoms with Crippen molar-refractivity contribution in [1.29, 1.82) is 0 Å². The summed E-state index contributed by atoms with van der Waals surface area (Å²) in [5.41, 5.74) is 0.921. The van der Waals surface area contributed by atoms with E-state index in [9.17, 15) is 0 Å². The van der Waals surface area contributed by atoms with Crippen molar-refractivity contribution in [3.8, 4) is 5.75 Å². The van der Waals surface area contributed by atoms with Crippen LogP contribution >= 0.6 is 0 Å². The van der Waals surface area contributed by atoms with E-state index in [1.165, 1.54) is 0 Å². The number of aliphatic imine (C=N–C) groups is 1. The lowest BCUT2D eigenvalue weighted by Gasteiger charge is -2.12. The largest absolute Gasteiger partial charge is 0.497 e. The number of ether oxygens (including phenoxy) is 2. The van der Waals surface area contributed by atoms with Gasteiger partial charge in [0.25, 0.3) is 0 Å². The second kappa shape index (κ2) is 11.4. The van der Waals surface area contributed by atoms with Gasteiger partial charge >= 0.3 is 0 Å². The third-order valence-electron chi connectivity index (χ3n) is 4.06. The minimum atomic E-state index is -0.173. The van der Waals surface area contributed by atoms with Gasteiger partial charge in [-0.3, -0.25) is 0 Å². The summed E-state index contributed by atoms with van der Waals surface area (Å²) in [6.07, 6.45) is 0.896. The summed E-state index contributed by atoms with van der Waals surface area (Å²) in [6, 6.07) is 7.87. The van der Waals surface area contributed by atoms with E-state index in [0.717, 1.165) is 37.5 Å². The Balaban J connectivity index is 1.96. The Hall–Kier alpha value is -2.61.